The second kappa shape index (κ2) is 11.1. The molecule has 10 heteroatoms. The SMILES string of the molecule is COc1cc(/C=C2\SC(=O)N(CCOc3ccc(C)cc3)C2=O)cc(Br)c1OC(=O)c1cccs1. The number of hydrogen-bond acceptors (Lipinski definition) is 8. The Morgan fingerprint density at radius 3 is 2.60 bits per heavy atom. The number of thioether (sulfide) groups is 1. The zero-order valence-corrected chi connectivity index (χ0v) is 22.0. The van der Waals surface area contributed by atoms with Crippen LogP contribution in [0.1, 0.15) is 20.8 Å². The van der Waals surface area contributed by atoms with Crippen LogP contribution in [0.25, 0.3) is 6.08 Å². The minimum Gasteiger partial charge on any atom is -0.493 e. The van der Waals surface area contributed by atoms with Crippen molar-refractivity contribution < 1.29 is 28.6 Å². The van der Waals surface area contributed by atoms with Gasteiger partial charge in [-0.25, -0.2) is 4.79 Å². The van der Waals surface area contributed by atoms with Crippen LogP contribution in [0.4, 0.5) is 4.79 Å². The van der Waals surface area contributed by atoms with Gasteiger partial charge in [-0.3, -0.25) is 14.5 Å². The molecule has 180 valence electrons. The predicted octanol–water partition coefficient (Wildman–Crippen LogP) is 6.16. The van der Waals surface area contributed by atoms with E-state index in [2.05, 4.69) is 15.9 Å². The molecule has 4 rings (SSSR count). The van der Waals surface area contributed by atoms with E-state index in [1.807, 2.05) is 31.2 Å². The maximum atomic E-state index is 12.8. The van der Waals surface area contributed by atoms with Crippen molar-refractivity contribution in [1.82, 2.24) is 4.90 Å². The van der Waals surface area contributed by atoms with Crippen molar-refractivity contribution in [2.75, 3.05) is 20.3 Å². The summed E-state index contributed by atoms with van der Waals surface area (Å²) in [5.41, 5.74) is 1.72. The molecule has 0 N–H and O–H groups in total. The lowest BCUT2D eigenvalue weighted by atomic mass is 10.2. The average molecular weight is 574 g/mol. The van der Waals surface area contributed by atoms with E-state index in [1.165, 1.54) is 18.4 Å². The Morgan fingerprint density at radius 2 is 1.91 bits per heavy atom. The fourth-order valence-corrected chi connectivity index (χ4v) is 5.20. The lowest BCUT2D eigenvalue weighted by Gasteiger charge is -2.13. The normalized spacial score (nSPS) is 14.5. The standard InChI is InChI=1S/C25H20BrNO6S2/c1-15-5-7-17(8-6-15)32-10-9-27-23(28)21(35-25(27)30)14-16-12-18(26)22(19(13-16)31-2)33-24(29)20-4-3-11-34-20/h3-8,11-14H,9-10H2,1-2H3/b21-14-. The number of thiophene rings is 1. The summed E-state index contributed by atoms with van der Waals surface area (Å²) < 4.78 is 17.0. The Balaban J connectivity index is 1.46. The van der Waals surface area contributed by atoms with E-state index in [9.17, 15) is 14.4 Å². The van der Waals surface area contributed by atoms with Gasteiger partial charge in [-0.1, -0.05) is 23.8 Å². The summed E-state index contributed by atoms with van der Waals surface area (Å²) >= 11 is 5.54. The largest absolute Gasteiger partial charge is 0.493 e. The van der Waals surface area contributed by atoms with E-state index >= 15 is 0 Å². The summed E-state index contributed by atoms with van der Waals surface area (Å²) in [6.45, 7) is 2.31. The fourth-order valence-electron chi connectivity index (χ4n) is 3.19. The second-order valence-electron chi connectivity index (χ2n) is 7.40. The number of rotatable bonds is 8. The Kier molecular flexibility index (Phi) is 7.94. The number of carbonyl (C=O) groups excluding carboxylic acids is 3. The average Bonchev–Trinajstić information content (AvgIpc) is 3.46. The molecule has 0 atom stereocenters. The van der Waals surface area contributed by atoms with Crippen LogP contribution in [0.15, 0.2) is 63.3 Å². The third kappa shape index (κ3) is 5.95. The van der Waals surface area contributed by atoms with Crippen LogP contribution in [-0.4, -0.2) is 42.3 Å². The van der Waals surface area contributed by atoms with Crippen LogP contribution in [0.3, 0.4) is 0 Å². The van der Waals surface area contributed by atoms with Gasteiger partial charge in [0.2, 0.25) is 0 Å². The molecule has 0 radical (unpaired) electrons. The van der Waals surface area contributed by atoms with Gasteiger partial charge < -0.3 is 14.2 Å². The minimum absolute atomic E-state index is 0.139. The van der Waals surface area contributed by atoms with Crippen molar-refractivity contribution in [3.8, 4) is 17.2 Å². The van der Waals surface area contributed by atoms with Crippen LogP contribution in [0, 0.1) is 6.92 Å². The van der Waals surface area contributed by atoms with E-state index in [1.54, 1.807) is 35.7 Å². The quantitative estimate of drug-likeness (QED) is 0.181. The molecular weight excluding hydrogens is 554 g/mol. The molecule has 2 amide bonds. The molecule has 7 nitrogen and oxygen atoms in total. The van der Waals surface area contributed by atoms with Crippen molar-refractivity contribution in [2.45, 2.75) is 6.92 Å². The number of carbonyl (C=O) groups is 3. The van der Waals surface area contributed by atoms with Gasteiger partial charge >= 0.3 is 5.97 Å². The first kappa shape index (κ1) is 25.0. The predicted molar refractivity (Wildman–Crippen MR) is 139 cm³/mol. The number of esters is 1. The Morgan fingerprint density at radius 1 is 1.14 bits per heavy atom. The van der Waals surface area contributed by atoms with Crippen LogP contribution in [0.5, 0.6) is 17.2 Å². The van der Waals surface area contributed by atoms with Crippen molar-refractivity contribution in [1.29, 1.82) is 0 Å². The number of ether oxygens (including phenoxy) is 3. The number of nitrogens with zero attached hydrogens (tertiary/aromatic N) is 1. The molecule has 1 aliphatic rings. The fraction of sp³-hybridized carbons (Fsp3) is 0.160. The van der Waals surface area contributed by atoms with Gasteiger partial charge in [0.15, 0.2) is 11.5 Å². The second-order valence-corrected chi connectivity index (χ2v) is 10.2. The van der Waals surface area contributed by atoms with Crippen LogP contribution in [-0.2, 0) is 4.79 Å². The summed E-state index contributed by atoms with van der Waals surface area (Å²) in [5.74, 6) is 0.317. The zero-order chi connectivity index (χ0) is 24.9. The lowest BCUT2D eigenvalue weighted by Crippen LogP contribution is -2.32. The topological polar surface area (TPSA) is 82.1 Å². The summed E-state index contributed by atoms with van der Waals surface area (Å²) in [6.07, 6.45) is 1.60. The van der Waals surface area contributed by atoms with E-state index in [-0.39, 0.29) is 29.0 Å². The minimum atomic E-state index is -0.499. The number of hydrogen-bond donors (Lipinski definition) is 0. The van der Waals surface area contributed by atoms with Crippen LogP contribution < -0.4 is 14.2 Å². The number of halogens is 1. The van der Waals surface area contributed by atoms with E-state index in [0.29, 0.717) is 26.4 Å². The van der Waals surface area contributed by atoms with Crippen LogP contribution >= 0.6 is 39.0 Å². The molecule has 0 spiro atoms. The Labute approximate surface area is 218 Å². The van der Waals surface area contributed by atoms with E-state index in [4.69, 9.17) is 14.2 Å². The zero-order valence-electron chi connectivity index (χ0n) is 18.8. The molecule has 35 heavy (non-hydrogen) atoms. The van der Waals surface area contributed by atoms with Gasteiger partial charge in [0.05, 0.1) is 23.0 Å². The van der Waals surface area contributed by atoms with Gasteiger partial charge in [0.1, 0.15) is 17.2 Å². The number of methoxy groups -OCH3 is 1. The summed E-state index contributed by atoms with van der Waals surface area (Å²) in [5, 5.41) is 1.43. The molecule has 1 aliphatic heterocycles. The maximum Gasteiger partial charge on any atom is 0.353 e. The maximum absolute atomic E-state index is 12.8. The summed E-state index contributed by atoms with van der Waals surface area (Å²) in [7, 11) is 1.45. The van der Waals surface area contributed by atoms with Gasteiger partial charge in [0, 0.05) is 0 Å². The third-order valence-electron chi connectivity index (χ3n) is 4.94. The summed E-state index contributed by atoms with van der Waals surface area (Å²) in [4.78, 5) is 39.5. The van der Waals surface area contributed by atoms with Gasteiger partial charge in [-0.2, -0.15) is 0 Å². The molecular formula is C25H20BrNO6S2. The highest BCUT2D eigenvalue weighted by Gasteiger charge is 2.35. The molecule has 0 saturated carbocycles. The van der Waals surface area contributed by atoms with Crippen molar-refractivity contribution in [3.05, 3.63) is 79.3 Å². The van der Waals surface area contributed by atoms with Gasteiger partial charge in [-0.15, -0.1) is 11.3 Å². The van der Waals surface area contributed by atoms with Crippen molar-refractivity contribution in [3.63, 3.8) is 0 Å². The first-order valence-corrected chi connectivity index (χ1v) is 12.9. The molecule has 2 aromatic carbocycles. The van der Waals surface area contributed by atoms with Crippen molar-refractivity contribution >= 4 is 62.2 Å². The Bertz CT molecular complexity index is 1290. The van der Waals surface area contributed by atoms with Gasteiger partial charge in [-0.05, 0) is 82.0 Å². The Hall–Kier alpha value is -3.08. The molecule has 2 heterocycles. The summed E-state index contributed by atoms with van der Waals surface area (Å²) in [6, 6.07) is 14.3. The number of aryl methyl sites for hydroxylation is 1. The van der Waals surface area contributed by atoms with E-state index < -0.39 is 11.9 Å². The molecule has 1 saturated heterocycles. The van der Waals surface area contributed by atoms with Crippen molar-refractivity contribution in [2.24, 2.45) is 0 Å². The van der Waals surface area contributed by atoms with E-state index in [0.717, 1.165) is 22.2 Å². The molecule has 1 aromatic heterocycles. The molecule has 0 unspecified atom stereocenters. The highest BCUT2D eigenvalue weighted by atomic mass is 79.9. The monoisotopic (exact) mass is 573 g/mol. The molecule has 3 aromatic rings. The molecule has 1 fully saturated rings. The first-order chi connectivity index (χ1) is 16.9. The highest BCUT2D eigenvalue weighted by Crippen LogP contribution is 2.39. The van der Waals surface area contributed by atoms with Gasteiger partial charge in [0.25, 0.3) is 11.1 Å². The molecule has 0 bridgehead atoms. The number of imide groups is 1. The van der Waals surface area contributed by atoms with Crippen LogP contribution in [0.2, 0.25) is 0 Å². The smallest absolute Gasteiger partial charge is 0.353 e. The lowest BCUT2D eigenvalue weighted by molar-refractivity contribution is -0.123. The highest BCUT2D eigenvalue weighted by molar-refractivity contribution is 9.10. The first-order valence-electron chi connectivity index (χ1n) is 10.4. The molecule has 0 aliphatic carbocycles. The number of benzene rings is 2. The number of amides is 2. The third-order valence-corrected chi connectivity index (χ3v) is 7.29.